The molecule has 0 aliphatic carbocycles. The average Bonchev–Trinajstić information content (AvgIpc) is 2.34. The summed E-state index contributed by atoms with van der Waals surface area (Å²) in [7, 11) is 0. The van der Waals surface area contributed by atoms with Crippen LogP contribution in [0.5, 0.6) is 0 Å². The predicted octanol–water partition coefficient (Wildman–Crippen LogP) is 3.20. The molecule has 17 heavy (non-hydrogen) atoms. The SMILES string of the molecule is Cc1cccc(C)c1NCCN1CCCCC1. The molecular formula is C15H24N2. The molecule has 1 heterocycles. The summed E-state index contributed by atoms with van der Waals surface area (Å²) in [5, 5.41) is 3.59. The molecule has 0 atom stereocenters. The number of aryl methyl sites for hydroxylation is 2. The third-order valence-electron chi connectivity index (χ3n) is 3.66. The van der Waals surface area contributed by atoms with Crippen LogP contribution in [0.4, 0.5) is 5.69 Å². The van der Waals surface area contributed by atoms with E-state index >= 15 is 0 Å². The molecule has 1 fully saturated rings. The molecule has 1 aliphatic heterocycles. The van der Waals surface area contributed by atoms with Crippen LogP contribution in [-0.4, -0.2) is 31.1 Å². The van der Waals surface area contributed by atoms with Crippen LogP contribution in [0.2, 0.25) is 0 Å². The fourth-order valence-corrected chi connectivity index (χ4v) is 2.62. The summed E-state index contributed by atoms with van der Waals surface area (Å²) >= 11 is 0. The number of piperidine rings is 1. The quantitative estimate of drug-likeness (QED) is 0.857. The highest BCUT2D eigenvalue weighted by atomic mass is 15.1. The molecule has 94 valence electrons. The molecule has 0 radical (unpaired) electrons. The van der Waals surface area contributed by atoms with Crippen LogP contribution in [0.3, 0.4) is 0 Å². The lowest BCUT2D eigenvalue weighted by Gasteiger charge is -2.26. The van der Waals surface area contributed by atoms with Crippen molar-refractivity contribution in [1.29, 1.82) is 0 Å². The number of likely N-dealkylation sites (tertiary alicyclic amines) is 1. The highest BCUT2D eigenvalue weighted by molar-refractivity contribution is 5.56. The molecule has 0 spiro atoms. The van der Waals surface area contributed by atoms with Crippen LogP contribution in [0.1, 0.15) is 30.4 Å². The average molecular weight is 232 g/mol. The Balaban J connectivity index is 1.81. The highest BCUT2D eigenvalue weighted by Gasteiger charge is 2.09. The third kappa shape index (κ3) is 3.47. The summed E-state index contributed by atoms with van der Waals surface area (Å²) in [6.45, 7) is 9.16. The molecule has 1 aromatic rings. The van der Waals surface area contributed by atoms with Crippen molar-refractivity contribution >= 4 is 5.69 Å². The Kier molecular flexibility index (Phi) is 4.43. The number of nitrogens with one attached hydrogen (secondary N) is 1. The van der Waals surface area contributed by atoms with Gasteiger partial charge in [0.1, 0.15) is 0 Å². The zero-order valence-corrected chi connectivity index (χ0v) is 11.1. The molecule has 2 rings (SSSR count). The zero-order valence-electron chi connectivity index (χ0n) is 11.1. The number of nitrogens with zero attached hydrogens (tertiary/aromatic N) is 1. The van der Waals surface area contributed by atoms with Gasteiger partial charge in [-0.05, 0) is 50.9 Å². The lowest BCUT2D eigenvalue weighted by molar-refractivity contribution is 0.237. The molecular weight excluding hydrogens is 208 g/mol. The van der Waals surface area contributed by atoms with Crippen molar-refractivity contribution in [2.45, 2.75) is 33.1 Å². The van der Waals surface area contributed by atoms with Crippen LogP contribution in [-0.2, 0) is 0 Å². The number of benzene rings is 1. The molecule has 0 amide bonds. The van der Waals surface area contributed by atoms with Crippen molar-refractivity contribution in [1.82, 2.24) is 4.90 Å². The summed E-state index contributed by atoms with van der Waals surface area (Å²) in [6.07, 6.45) is 4.17. The molecule has 1 aromatic carbocycles. The second kappa shape index (κ2) is 6.06. The Morgan fingerprint density at radius 2 is 1.71 bits per heavy atom. The number of para-hydroxylation sites is 1. The van der Waals surface area contributed by atoms with Gasteiger partial charge in [0.05, 0.1) is 0 Å². The first-order valence-electron chi connectivity index (χ1n) is 6.80. The lowest BCUT2D eigenvalue weighted by Crippen LogP contribution is -2.33. The van der Waals surface area contributed by atoms with Gasteiger partial charge < -0.3 is 10.2 Å². The minimum Gasteiger partial charge on any atom is -0.383 e. The van der Waals surface area contributed by atoms with E-state index in [9.17, 15) is 0 Å². The normalized spacial score (nSPS) is 17.1. The molecule has 1 N–H and O–H groups in total. The van der Waals surface area contributed by atoms with Gasteiger partial charge in [0.25, 0.3) is 0 Å². The summed E-state index contributed by atoms with van der Waals surface area (Å²) in [4.78, 5) is 2.57. The van der Waals surface area contributed by atoms with Crippen LogP contribution in [0.25, 0.3) is 0 Å². The van der Waals surface area contributed by atoms with E-state index in [4.69, 9.17) is 0 Å². The topological polar surface area (TPSA) is 15.3 Å². The van der Waals surface area contributed by atoms with Crippen LogP contribution < -0.4 is 5.32 Å². The fraction of sp³-hybridized carbons (Fsp3) is 0.600. The first kappa shape index (κ1) is 12.4. The Bertz CT molecular complexity index is 334. The fourth-order valence-electron chi connectivity index (χ4n) is 2.62. The summed E-state index contributed by atoms with van der Waals surface area (Å²) in [5.74, 6) is 0. The third-order valence-corrected chi connectivity index (χ3v) is 3.66. The number of rotatable bonds is 4. The van der Waals surface area contributed by atoms with E-state index in [1.807, 2.05) is 0 Å². The van der Waals surface area contributed by atoms with Gasteiger partial charge in [-0.3, -0.25) is 0 Å². The van der Waals surface area contributed by atoms with Gasteiger partial charge in [-0.25, -0.2) is 0 Å². The van der Waals surface area contributed by atoms with Crippen molar-refractivity contribution in [3.05, 3.63) is 29.3 Å². The maximum atomic E-state index is 3.59. The Labute approximate surface area is 105 Å². The van der Waals surface area contributed by atoms with Crippen molar-refractivity contribution in [2.24, 2.45) is 0 Å². The maximum Gasteiger partial charge on any atom is 0.0400 e. The van der Waals surface area contributed by atoms with E-state index in [0.717, 1.165) is 6.54 Å². The first-order valence-corrected chi connectivity index (χ1v) is 6.80. The monoisotopic (exact) mass is 232 g/mol. The molecule has 2 nitrogen and oxygen atoms in total. The minimum absolute atomic E-state index is 1.06. The second-order valence-electron chi connectivity index (χ2n) is 5.10. The second-order valence-corrected chi connectivity index (χ2v) is 5.10. The Morgan fingerprint density at radius 3 is 2.35 bits per heavy atom. The van der Waals surface area contributed by atoms with Gasteiger partial charge in [0, 0.05) is 18.8 Å². The molecule has 1 saturated heterocycles. The van der Waals surface area contributed by atoms with E-state index in [1.165, 1.54) is 55.7 Å². The molecule has 1 aliphatic rings. The van der Waals surface area contributed by atoms with Gasteiger partial charge in [0.15, 0.2) is 0 Å². The molecule has 0 aromatic heterocycles. The first-order chi connectivity index (χ1) is 8.27. The summed E-state index contributed by atoms with van der Waals surface area (Å²) in [6, 6.07) is 6.48. The Hall–Kier alpha value is -1.02. The number of hydrogen-bond donors (Lipinski definition) is 1. The van der Waals surface area contributed by atoms with Gasteiger partial charge >= 0.3 is 0 Å². The lowest BCUT2D eigenvalue weighted by atomic mass is 10.1. The standard InChI is InChI=1S/C15H24N2/c1-13-7-6-8-14(2)15(13)16-9-12-17-10-4-3-5-11-17/h6-8,16H,3-5,9-12H2,1-2H3. The Morgan fingerprint density at radius 1 is 1.06 bits per heavy atom. The van der Waals surface area contributed by atoms with Gasteiger partial charge in [0.2, 0.25) is 0 Å². The van der Waals surface area contributed by atoms with E-state index in [-0.39, 0.29) is 0 Å². The predicted molar refractivity (Wildman–Crippen MR) is 74.7 cm³/mol. The molecule has 0 saturated carbocycles. The van der Waals surface area contributed by atoms with Gasteiger partial charge in [-0.1, -0.05) is 24.6 Å². The van der Waals surface area contributed by atoms with Gasteiger partial charge in [-0.15, -0.1) is 0 Å². The van der Waals surface area contributed by atoms with Crippen LogP contribution in [0.15, 0.2) is 18.2 Å². The maximum absolute atomic E-state index is 3.59. The summed E-state index contributed by atoms with van der Waals surface area (Å²) < 4.78 is 0. The molecule has 0 unspecified atom stereocenters. The number of hydrogen-bond acceptors (Lipinski definition) is 2. The smallest absolute Gasteiger partial charge is 0.0400 e. The van der Waals surface area contributed by atoms with E-state index in [2.05, 4.69) is 42.3 Å². The van der Waals surface area contributed by atoms with E-state index < -0.39 is 0 Å². The van der Waals surface area contributed by atoms with Gasteiger partial charge in [-0.2, -0.15) is 0 Å². The van der Waals surface area contributed by atoms with E-state index in [0.29, 0.717) is 0 Å². The summed E-state index contributed by atoms with van der Waals surface area (Å²) in [5.41, 5.74) is 4.02. The van der Waals surface area contributed by atoms with E-state index in [1.54, 1.807) is 0 Å². The van der Waals surface area contributed by atoms with Crippen molar-refractivity contribution in [3.63, 3.8) is 0 Å². The molecule has 2 heteroatoms. The number of anilines is 1. The van der Waals surface area contributed by atoms with Crippen molar-refractivity contribution < 1.29 is 0 Å². The largest absolute Gasteiger partial charge is 0.383 e. The molecule has 0 bridgehead atoms. The minimum atomic E-state index is 1.06. The van der Waals surface area contributed by atoms with Crippen LogP contribution in [0, 0.1) is 13.8 Å². The van der Waals surface area contributed by atoms with Crippen molar-refractivity contribution in [3.8, 4) is 0 Å². The van der Waals surface area contributed by atoms with Crippen molar-refractivity contribution in [2.75, 3.05) is 31.5 Å². The zero-order chi connectivity index (χ0) is 12.1. The highest BCUT2D eigenvalue weighted by Crippen LogP contribution is 2.19. The van der Waals surface area contributed by atoms with Crippen LogP contribution >= 0.6 is 0 Å².